The van der Waals surface area contributed by atoms with Crippen LogP contribution in [0.5, 0.6) is 5.75 Å². The molecule has 0 atom stereocenters. The summed E-state index contributed by atoms with van der Waals surface area (Å²) in [6.07, 6.45) is 3.74. The van der Waals surface area contributed by atoms with E-state index >= 15 is 0 Å². The van der Waals surface area contributed by atoms with Gasteiger partial charge in [0.15, 0.2) is 18.0 Å². The quantitative estimate of drug-likeness (QED) is 0.671. The molecule has 1 amide bonds. The zero-order valence-electron chi connectivity index (χ0n) is 14.7. The molecular weight excluding hydrogens is 354 g/mol. The second-order valence-electron chi connectivity index (χ2n) is 5.64. The smallest absolute Gasteiger partial charge is 0.341 e. The summed E-state index contributed by atoms with van der Waals surface area (Å²) in [4.78, 5) is 29.5. The van der Waals surface area contributed by atoms with Crippen molar-refractivity contribution in [2.24, 2.45) is 0 Å². The Hall–Kier alpha value is -2.87. The van der Waals surface area contributed by atoms with E-state index in [9.17, 15) is 9.59 Å². The molecule has 0 aliphatic carbocycles. The number of imidazole rings is 1. The summed E-state index contributed by atoms with van der Waals surface area (Å²) in [5.41, 5.74) is 1.87. The predicted octanol–water partition coefficient (Wildman–Crippen LogP) is 3.21. The number of hydrogen-bond acceptors (Lipinski definition) is 6. The third kappa shape index (κ3) is 3.85. The number of amides is 1. The van der Waals surface area contributed by atoms with E-state index in [0.717, 1.165) is 10.6 Å². The van der Waals surface area contributed by atoms with Crippen molar-refractivity contribution in [1.82, 2.24) is 9.38 Å². The fraction of sp³-hybridized carbons (Fsp3) is 0.278. The summed E-state index contributed by atoms with van der Waals surface area (Å²) in [5, 5.41) is 3.18. The molecule has 0 unspecified atom stereocenters. The summed E-state index contributed by atoms with van der Waals surface area (Å²) in [6.45, 7) is 5.57. The zero-order valence-corrected chi connectivity index (χ0v) is 15.6. The molecule has 26 heavy (non-hydrogen) atoms. The Morgan fingerprint density at radius 2 is 2.15 bits per heavy atom. The fourth-order valence-electron chi connectivity index (χ4n) is 2.50. The van der Waals surface area contributed by atoms with Gasteiger partial charge in [-0.3, -0.25) is 4.79 Å². The van der Waals surface area contributed by atoms with Crippen molar-refractivity contribution >= 4 is 33.9 Å². The molecule has 136 valence electrons. The summed E-state index contributed by atoms with van der Waals surface area (Å²) < 4.78 is 12.5. The van der Waals surface area contributed by atoms with Gasteiger partial charge in [0.2, 0.25) is 0 Å². The molecule has 0 bridgehead atoms. The normalized spacial score (nSPS) is 10.7. The van der Waals surface area contributed by atoms with Crippen molar-refractivity contribution in [2.45, 2.75) is 20.8 Å². The van der Waals surface area contributed by atoms with E-state index in [1.165, 1.54) is 11.3 Å². The first-order valence-corrected chi connectivity index (χ1v) is 8.94. The Morgan fingerprint density at radius 3 is 2.92 bits per heavy atom. The van der Waals surface area contributed by atoms with Crippen LogP contribution >= 0.6 is 11.3 Å². The molecule has 3 aromatic heterocycles. The van der Waals surface area contributed by atoms with Crippen LogP contribution in [0, 0.1) is 13.8 Å². The molecule has 3 heterocycles. The van der Waals surface area contributed by atoms with Crippen LogP contribution in [-0.2, 0) is 9.53 Å². The predicted molar refractivity (Wildman–Crippen MR) is 99.1 cm³/mol. The SMILES string of the molecule is CCOC(=O)c1cc(C)sc1NC(=O)COc1cccn2cc(C)nc12. The lowest BCUT2D eigenvalue weighted by Gasteiger charge is -2.08. The number of rotatable bonds is 6. The Bertz CT molecular complexity index is 961. The van der Waals surface area contributed by atoms with E-state index in [4.69, 9.17) is 9.47 Å². The van der Waals surface area contributed by atoms with Crippen LogP contribution in [0.4, 0.5) is 5.00 Å². The van der Waals surface area contributed by atoms with Crippen LogP contribution in [0.1, 0.15) is 27.9 Å². The average Bonchev–Trinajstić information content (AvgIpc) is 3.15. The van der Waals surface area contributed by atoms with Crippen molar-refractivity contribution in [3.8, 4) is 5.75 Å². The van der Waals surface area contributed by atoms with Gasteiger partial charge < -0.3 is 19.2 Å². The van der Waals surface area contributed by atoms with Crippen molar-refractivity contribution in [1.29, 1.82) is 0 Å². The van der Waals surface area contributed by atoms with Gasteiger partial charge in [0, 0.05) is 17.3 Å². The molecule has 1 N–H and O–H groups in total. The highest BCUT2D eigenvalue weighted by atomic mass is 32.1. The lowest BCUT2D eigenvalue weighted by atomic mass is 10.3. The number of hydrogen-bond donors (Lipinski definition) is 1. The zero-order chi connectivity index (χ0) is 18.7. The van der Waals surface area contributed by atoms with Crippen LogP contribution in [0.3, 0.4) is 0 Å². The number of aromatic nitrogens is 2. The topological polar surface area (TPSA) is 81.9 Å². The second-order valence-corrected chi connectivity index (χ2v) is 6.90. The Morgan fingerprint density at radius 1 is 1.35 bits per heavy atom. The number of esters is 1. The standard InChI is InChI=1S/C18H19N3O4S/c1-4-24-18(23)13-8-12(3)26-17(13)20-15(22)10-25-14-6-5-7-21-9-11(2)19-16(14)21/h5-9H,4,10H2,1-3H3,(H,20,22). The summed E-state index contributed by atoms with van der Waals surface area (Å²) in [7, 11) is 0. The lowest BCUT2D eigenvalue weighted by Crippen LogP contribution is -2.21. The Balaban J connectivity index is 1.69. The van der Waals surface area contributed by atoms with Crippen LogP contribution in [-0.4, -0.2) is 34.5 Å². The molecule has 0 spiro atoms. The molecule has 0 saturated carbocycles. The van der Waals surface area contributed by atoms with Crippen LogP contribution in [0.2, 0.25) is 0 Å². The lowest BCUT2D eigenvalue weighted by molar-refractivity contribution is -0.118. The monoisotopic (exact) mass is 373 g/mol. The van der Waals surface area contributed by atoms with Gasteiger partial charge in [0.1, 0.15) is 5.00 Å². The minimum absolute atomic E-state index is 0.190. The number of anilines is 1. The molecule has 0 radical (unpaired) electrons. The third-order valence-corrected chi connectivity index (χ3v) is 4.50. The molecule has 3 aromatic rings. The first kappa shape index (κ1) is 17.9. The number of carbonyl (C=O) groups excluding carboxylic acids is 2. The van der Waals surface area contributed by atoms with Gasteiger partial charge in [-0.05, 0) is 39.0 Å². The number of pyridine rings is 1. The minimum Gasteiger partial charge on any atom is -0.480 e. The van der Waals surface area contributed by atoms with Crippen molar-refractivity contribution in [3.63, 3.8) is 0 Å². The van der Waals surface area contributed by atoms with E-state index in [0.29, 0.717) is 22.0 Å². The first-order chi connectivity index (χ1) is 12.5. The van der Waals surface area contributed by atoms with Gasteiger partial charge in [-0.25, -0.2) is 9.78 Å². The molecular formula is C18H19N3O4S. The molecule has 3 rings (SSSR count). The fourth-order valence-corrected chi connectivity index (χ4v) is 3.41. The van der Waals surface area contributed by atoms with Crippen LogP contribution in [0.25, 0.3) is 5.65 Å². The van der Waals surface area contributed by atoms with E-state index in [2.05, 4.69) is 10.3 Å². The van der Waals surface area contributed by atoms with E-state index in [1.54, 1.807) is 19.1 Å². The number of fused-ring (bicyclic) bond motifs is 1. The highest BCUT2D eigenvalue weighted by Gasteiger charge is 2.18. The minimum atomic E-state index is -0.453. The number of aryl methyl sites for hydroxylation is 2. The second kappa shape index (κ2) is 7.57. The van der Waals surface area contributed by atoms with Crippen LogP contribution in [0.15, 0.2) is 30.6 Å². The molecule has 7 nitrogen and oxygen atoms in total. The van der Waals surface area contributed by atoms with Gasteiger partial charge in [0.05, 0.1) is 17.9 Å². The number of thiophene rings is 1. The molecule has 0 aliphatic rings. The Labute approximate surface area is 154 Å². The molecule has 0 fully saturated rings. The maximum absolute atomic E-state index is 12.3. The number of carbonyl (C=O) groups is 2. The van der Waals surface area contributed by atoms with Gasteiger partial charge in [0.25, 0.3) is 5.91 Å². The molecule has 8 heteroatoms. The van der Waals surface area contributed by atoms with Crippen molar-refractivity contribution in [3.05, 3.63) is 46.7 Å². The molecule has 0 aliphatic heterocycles. The maximum Gasteiger partial charge on any atom is 0.341 e. The van der Waals surface area contributed by atoms with Crippen molar-refractivity contribution in [2.75, 3.05) is 18.5 Å². The number of ether oxygens (including phenoxy) is 2. The maximum atomic E-state index is 12.3. The van der Waals surface area contributed by atoms with Gasteiger partial charge in [-0.1, -0.05) is 0 Å². The average molecular weight is 373 g/mol. The molecule has 0 aromatic carbocycles. The van der Waals surface area contributed by atoms with E-state index < -0.39 is 5.97 Å². The summed E-state index contributed by atoms with van der Waals surface area (Å²) in [6, 6.07) is 5.28. The number of nitrogens with zero attached hydrogens (tertiary/aromatic N) is 2. The third-order valence-electron chi connectivity index (χ3n) is 3.53. The first-order valence-electron chi connectivity index (χ1n) is 8.12. The Kier molecular flexibility index (Phi) is 5.22. The molecule has 0 saturated heterocycles. The highest BCUT2D eigenvalue weighted by Crippen LogP contribution is 2.28. The summed E-state index contributed by atoms with van der Waals surface area (Å²) >= 11 is 1.32. The number of nitrogens with one attached hydrogen (secondary N) is 1. The van der Waals surface area contributed by atoms with Gasteiger partial charge in [-0.15, -0.1) is 11.3 Å². The van der Waals surface area contributed by atoms with Crippen LogP contribution < -0.4 is 10.1 Å². The largest absolute Gasteiger partial charge is 0.480 e. The van der Waals surface area contributed by atoms with Crippen molar-refractivity contribution < 1.29 is 19.1 Å². The highest BCUT2D eigenvalue weighted by molar-refractivity contribution is 7.16. The van der Waals surface area contributed by atoms with Gasteiger partial charge >= 0.3 is 5.97 Å². The van der Waals surface area contributed by atoms with Gasteiger partial charge in [-0.2, -0.15) is 0 Å². The summed E-state index contributed by atoms with van der Waals surface area (Å²) in [5.74, 6) is -0.294. The van der Waals surface area contributed by atoms with E-state index in [-0.39, 0.29) is 19.1 Å². The van der Waals surface area contributed by atoms with E-state index in [1.807, 2.05) is 36.7 Å².